The summed E-state index contributed by atoms with van der Waals surface area (Å²) in [7, 11) is 0. The molecule has 0 fully saturated rings. The Bertz CT molecular complexity index is 577. The Labute approximate surface area is 102 Å². The highest BCUT2D eigenvalue weighted by molar-refractivity contribution is 5.71. The first-order valence-corrected chi connectivity index (χ1v) is 5.96. The molecule has 0 radical (unpaired) electrons. The molecule has 0 atom stereocenters. The van der Waals surface area contributed by atoms with Crippen LogP contribution in [-0.2, 0) is 12.8 Å². The summed E-state index contributed by atoms with van der Waals surface area (Å²) in [6.07, 6.45) is 21.1. The monoisotopic (exact) mass is 221 g/mol. The molecular formula is C16H15N. The Morgan fingerprint density at radius 3 is 2.59 bits per heavy atom. The van der Waals surface area contributed by atoms with Crippen molar-refractivity contribution in [2.45, 2.75) is 12.8 Å². The maximum atomic E-state index is 3.94. The van der Waals surface area contributed by atoms with Gasteiger partial charge >= 0.3 is 0 Å². The molecule has 2 aliphatic rings. The second-order valence-corrected chi connectivity index (χ2v) is 4.26. The lowest BCUT2D eigenvalue weighted by atomic mass is 10.0. The lowest BCUT2D eigenvalue weighted by Crippen LogP contribution is -1.96. The second kappa shape index (κ2) is 4.10. The molecule has 1 aromatic rings. The minimum atomic E-state index is 0.971. The number of hydrogen-bond donors (Lipinski definition) is 0. The Kier molecular flexibility index (Phi) is 2.45. The summed E-state index contributed by atoms with van der Waals surface area (Å²) in [5, 5.41) is 0. The predicted molar refractivity (Wildman–Crippen MR) is 74.6 cm³/mol. The summed E-state index contributed by atoms with van der Waals surface area (Å²) in [6.45, 7) is 3.94. The van der Waals surface area contributed by atoms with Crippen LogP contribution < -0.4 is 0 Å². The van der Waals surface area contributed by atoms with Crippen molar-refractivity contribution in [1.29, 1.82) is 0 Å². The summed E-state index contributed by atoms with van der Waals surface area (Å²) < 4.78 is 2.22. The van der Waals surface area contributed by atoms with E-state index in [0.717, 1.165) is 12.8 Å². The van der Waals surface area contributed by atoms with E-state index in [-0.39, 0.29) is 0 Å². The smallest absolute Gasteiger partial charge is 0.0494 e. The maximum absolute atomic E-state index is 3.94. The summed E-state index contributed by atoms with van der Waals surface area (Å²) >= 11 is 0. The summed E-state index contributed by atoms with van der Waals surface area (Å²) in [4.78, 5) is 0. The topological polar surface area (TPSA) is 4.93 Å². The second-order valence-electron chi connectivity index (χ2n) is 4.26. The third-order valence-corrected chi connectivity index (χ3v) is 3.32. The molecule has 0 saturated carbocycles. The van der Waals surface area contributed by atoms with E-state index >= 15 is 0 Å². The molecule has 2 aliphatic carbocycles. The van der Waals surface area contributed by atoms with E-state index in [4.69, 9.17) is 0 Å². The van der Waals surface area contributed by atoms with Crippen molar-refractivity contribution in [3.8, 4) is 0 Å². The highest BCUT2D eigenvalue weighted by Gasteiger charge is 2.18. The van der Waals surface area contributed by atoms with Crippen LogP contribution in [0.2, 0.25) is 0 Å². The quantitative estimate of drug-likeness (QED) is 0.679. The average molecular weight is 221 g/mol. The minimum Gasteiger partial charge on any atom is -0.320 e. The third kappa shape index (κ3) is 1.55. The van der Waals surface area contributed by atoms with Gasteiger partial charge in [-0.15, -0.1) is 0 Å². The van der Waals surface area contributed by atoms with Gasteiger partial charge in [0.25, 0.3) is 0 Å². The Morgan fingerprint density at radius 1 is 1.00 bits per heavy atom. The van der Waals surface area contributed by atoms with Crippen molar-refractivity contribution < 1.29 is 0 Å². The zero-order valence-corrected chi connectivity index (χ0v) is 9.76. The zero-order chi connectivity index (χ0) is 11.7. The molecule has 0 aromatic carbocycles. The highest BCUT2D eigenvalue weighted by Crippen LogP contribution is 2.30. The van der Waals surface area contributed by atoms with Crippen LogP contribution >= 0.6 is 0 Å². The molecule has 0 saturated heterocycles. The molecule has 0 bridgehead atoms. The van der Waals surface area contributed by atoms with Crippen molar-refractivity contribution in [2.24, 2.45) is 0 Å². The molecule has 0 unspecified atom stereocenters. The van der Waals surface area contributed by atoms with Gasteiger partial charge in [0.15, 0.2) is 0 Å². The normalized spacial score (nSPS) is 16.2. The van der Waals surface area contributed by atoms with E-state index in [0.29, 0.717) is 0 Å². The Hall–Kier alpha value is -2.02. The number of aromatic nitrogens is 1. The van der Waals surface area contributed by atoms with Gasteiger partial charge in [-0.3, -0.25) is 0 Å². The van der Waals surface area contributed by atoms with Gasteiger partial charge in [-0.1, -0.05) is 49.1 Å². The van der Waals surface area contributed by atoms with Crippen molar-refractivity contribution in [3.63, 3.8) is 0 Å². The number of hydrogen-bond acceptors (Lipinski definition) is 0. The first kappa shape index (κ1) is 10.2. The fourth-order valence-electron chi connectivity index (χ4n) is 2.56. The lowest BCUT2D eigenvalue weighted by molar-refractivity contribution is 1.02. The molecule has 1 nitrogen and oxygen atoms in total. The van der Waals surface area contributed by atoms with Gasteiger partial charge in [0, 0.05) is 29.6 Å². The molecule has 84 valence electrons. The van der Waals surface area contributed by atoms with Crippen molar-refractivity contribution in [3.05, 3.63) is 65.5 Å². The fourth-order valence-corrected chi connectivity index (χ4v) is 2.56. The molecule has 0 amide bonds. The van der Waals surface area contributed by atoms with Gasteiger partial charge in [0.05, 0.1) is 0 Å². The average Bonchev–Trinajstić information content (AvgIpc) is 2.62. The molecule has 0 aliphatic heterocycles. The van der Waals surface area contributed by atoms with Crippen molar-refractivity contribution in [2.75, 3.05) is 0 Å². The van der Waals surface area contributed by atoms with Crippen LogP contribution in [0.5, 0.6) is 0 Å². The first-order valence-electron chi connectivity index (χ1n) is 5.96. The molecule has 1 heterocycles. The van der Waals surface area contributed by atoms with Gasteiger partial charge in [0.1, 0.15) is 0 Å². The number of rotatable bonds is 1. The minimum absolute atomic E-state index is 0.971. The Morgan fingerprint density at radius 2 is 1.76 bits per heavy atom. The number of allylic oxidation sites excluding steroid dienone is 6. The molecule has 0 N–H and O–H groups in total. The molecule has 0 spiro atoms. The standard InChI is InChI=1S/C16H15N/c1-2-17-15-11-7-3-5-9-13(15)14-10-6-4-8-12-16(14)17/h2-9,12H,1,10-11H2. The zero-order valence-electron chi connectivity index (χ0n) is 9.76. The van der Waals surface area contributed by atoms with Gasteiger partial charge in [0.2, 0.25) is 0 Å². The van der Waals surface area contributed by atoms with Crippen LogP contribution in [-0.4, -0.2) is 4.57 Å². The van der Waals surface area contributed by atoms with E-state index in [1.54, 1.807) is 0 Å². The Balaban J connectivity index is 2.30. The van der Waals surface area contributed by atoms with E-state index < -0.39 is 0 Å². The van der Waals surface area contributed by atoms with Crippen LogP contribution in [0, 0.1) is 0 Å². The van der Waals surface area contributed by atoms with Crippen molar-refractivity contribution in [1.82, 2.24) is 4.57 Å². The van der Waals surface area contributed by atoms with E-state index in [1.807, 2.05) is 6.20 Å². The van der Waals surface area contributed by atoms with Crippen LogP contribution in [0.4, 0.5) is 0 Å². The van der Waals surface area contributed by atoms with Gasteiger partial charge in [-0.25, -0.2) is 0 Å². The summed E-state index contributed by atoms with van der Waals surface area (Å²) in [5.74, 6) is 0. The molecular weight excluding hydrogens is 206 g/mol. The summed E-state index contributed by atoms with van der Waals surface area (Å²) in [5.41, 5.74) is 5.39. The molecule has 1 aromatic heterocycles. The van der Waals surface area contributed by atoms with E-state index in [9.17, 15) is 0 Å². The van der Waals surface area contributed by atoms with E-state index in [2.05, 4.69) is 59.8 Å². The third-order valence-electron chi connectivity index (χ3n) is 3.32. The molecule has 3 rings (SSSR count). The predicted octanol–water partition coefficient (Wildman–Crippen LogP) is 3.84. The van der Waals surface area contributed by atoms with Crippen LogP contribution in [0.25, 0.3) is 18.4 Å². The molecule has 1 heteroatoms. The lowest BCUT2D eigenvalue weighted by Gasteiger charge is -2.04. The highest BCUT2D eigenvalue weighted by atomic mass is 15.0. The number of fused-ring (bicyclic) bond motifs is 3. The van der Waals surface area contributed by atoms with E-state index in [1.165, 1.54) is 22.5 Å². The number of nitrogens with zero attached hydrogens (tertiary/aromatic N) is 1. The fraction of sp³-hybridized carbons (Fsp3) is 0.125. The molecule has 17 heavy (non-hydrogen) atoms. The summed E-state index contributed by atoms with van der Waals surface area (Å²) in [6, 6.07) is 0. The van der Waals surface area contributed by atoms with Crippen LogP contribution in [0.1, 0.15) is 22.5 Å². The SMILES string of the molecule is C=Cn1c2c(c3c1CC=CC=C3)CC=CC=C2. The van der Waals surface area contributed by atoms with Gasteiger partial charge < -0.3 is 4.57 Å². The van der Waals surface area contributed by atoms with Gasteiger partial charge in [-0.2, -0.15) is 0 Å². The van der Waals surface area contributed by atoms with Crippen LogP contribution in [0.15, 0.2) is 43.0 Å². The maximum Gasteiger partial charge on any atom is 0.0494 e. The first-order chi connectivity index (χ1) is 8.42. The van der Waals surface area contributed by atoms with Gasteiger partial charge in [-0.05, 0) is 18.1 Å². The largest absolute Gasteiger partial charge is 0.320 e. The van der Waals surface area contributed by atoms with Crippen molar-refractivity contribution >= 4 is 18.4 Å². The van der Waals surface area contributed by atoms with Crippen LogP contribution in [0.3, 0.4) is 0 Å².